The lowest BCUT2D eigenvalue weighted by atomic mass is 10.1. The van der Waals surface area contributed by atoms with Gasteiger partial charge < -0.3 is 18.9 Å². The molecule has 0 aliphatic carbocycles. The summed E-state index contributed by atoms with van der Waals surface area (Å²) in [7, 11) is 6.44. The van der Waals surface area contributed by atoms with E-state index in [1.165, 1.54) is 0 Å². The van der Waals surface area contributed by atoms with Crippen molar-refractivity contribution in [2.24, 2.45) is 5.10 Å². The third kappa shape index (κ3) is 3.80. The van der Waals surface area contributed by atoms with Gasteiger partial charge >= 0.3 is 0 Å². The van der Waals surface area contributed by atoms with Crippen molar-refractivity contribution in [3.05, 3.63) is 53.3 Å². The number of ether oxygens (including phenoxy) is 4. The third-order valence-electron chi connectivity index (χ3n) is 4.73. The number of aromatic nitrogens is 3. The summed E-state index contributed by atoms with van der Waals surface area (Å²) >= 11 is 1.61. The lowest BCUT2D eigenvalue weighted by Crippen LogP contribution is -2.15. The Kier molecular flexibility index (Phi) is 5.80. The van der Waals surface area contributed by atoms with Crippen LogP contribution < -0.4 is 18.9 Å². The highest BCUT2D eigenvalue weighted by molar-refractivity contribution is 7.99. The lowest BCUT2D eigenvalue weighted by molar-refractivity contribution is 0.324. The highest BCUT2D eigenvalue weighted by atomic mass is 32.2. The molecule has 0 amide bonds. The second-order valence-electron chi connectivity index (χ2n) is 6.49. The van der Waals surface area contributed by atoms with Crippen molar-refractivity contribution in [1.29, 1.82) is 0 Å². The topological polar surface area (TPSA) is 80.0 Å². The molecule has 8 nitrogen and oxygen atoms in total. The van der Waals surface area contributed by atoms with E-state index in [9.17, 15) is 0 Å². The first-order chi connectivity index (χ1) is 14.7. The molecular formula is C21H22N4O4S. The molecule has 0 radical (unpaired) electrons. The molecule has 1 aliphatic heterocycles. The van der Waals surface area contributed by atoms with Gasteiger partial charge in [0.25, 0.3) is 0 Å². The van der Waals surface area contributed by atoms with Crippen molar-refractivity contribution < 1.29 is 18.9 Å². The number of rotatable bonds is 7. The third-order valence-corrected chi connectivity index (χ3v) is 5.66. The Morgan fingerprint density at radius 2 is 1.70 bits per heavy atom. The molecule has 0 saturated heterocycles. The molecule has 2 aromatic carbocycles. The van der Waals surface area contributed by atoms with Gasteiger partial charge in [-0.25, -0.2) is 0 Å². The molecule has 0 bridgehead atoms. The molecule has 2 heterocycles. The van der Waals surface area contributed by atoms with Gasteiger partial charge in [-0.15, -0.1) is 10.2 Å². The minimum atomic E-state index is 0.513. The Bertz CT molecular complexity index is 1070. The Morgan fingerprint density at radius 1 is 0.933 bits per heavy atom. The van der Waals surface area contributed by atoms with E-state index < -0.39 is 0 Å². The average Bonchev–Trinajstić information content (AvgIpc) is 3.20. The van der Waals surface area contributed by atoms with E-state index >= 15 is 0 Å². The SMILES string of the molecule is COc1cccc(C2=Nn3c(Cc4cc(OC)c(OC)c(OC)c4)nnc3SC2)c1. The average molecular weight is 426 g/mol. The zero-order chi connectivity index (χ0) is 21.1. The number of thioether (sulfide) groups is 1. The predicted molar refractivity (Wildman–Crippen MR) is 115 cm³/mol. The number of hydrogen-bond donors (Lipinski definition) is 0. The van der Waals surface area contributed by atoms with Crippen LogP contribution >= 0.6 is 11.8 Å². The van der Waals surface area contributed by atoms with Crippen molar-refractivity contribution in [3.63, 3.8) is 0 Å². The first-order valence-corrected chi connectivity index (χ1v) is 10.2. The summed E-state index contributed by atoms with van der Waals surface area (Å²) in [4.78, 5) is 0. The molecule has 0 fully saturated rings. The number of hydrogen-bond acceptors (Lipinski definition) is 8. The molecule has 0 unspecified atom stereocenters. The summed E-state index contributed by atoms with van der Waals surface area (Å²) in [5.74, 6) is 4.00. The van der Waals surface area contributed by atoms with Crippen molar-refractivity contribution >= 4 is 17.5 Å². The van der Waals surface area contributed by atoms with E-state index in [2.05, 4.69) is 10.2 Å². The summed E-state index contributed by atoms with van der Waals surface area (Å²) in [5, 5.41) is 14.2. The Hall–Kier alpha value is -3.20. The van der Waals surface area contributed by atoms with Crippen LogP contribution in [0.1, 0.15) is 17.0 Å². The van der Waals surface area contributed by atoms with Gasteiger partial charge in [-0.05, 0) is 29.8 Å². The van der Waals surface area contributed by atoms with Crippen LogP contribution in [0.2, 0.25) is 0 Å². The van der Waals surface area contributed by atoms with E-state index in [0.29, 0.717) is 23.7 Å². The molecule has 1 aromatic heterocycles. The number of methoxy groups -OCH3 is 4. The monoisotopic (exact) mass is 426 g/mol. The van der Waals surface area contributed by atoms with Crippen LogP contribution in [0, 0.1) is 0 Å². The number of nitrogens with zero attached hydrogens (tertiary/aromatic N) is 4. The molecule has 0 N–H and O–H groups in total. The standard InChI is InChI=1S/C21H22N4O4S/c1-26-15-7-5-6-14(11-15)16-12-30-21-23-22-19(25(21)24-16)10-13-8-17(27-2)20(29-4)18(9-13)28-3/h5-9,11H,10,12H2,1-4H3. The van der Waals surface area contributed by atoms with Crippen LogP contribution in [-0.4, -0.2) is 54.8 Å². The molecule has 9 heteroatoms. The van der Waals surface area contributed by atoms with Crippen molar-refractivity contribution in [2.45, 2.75) is 11.6 Å². The Labute approximate surface area is 178 Å². The van der Waals surface area contributed by atoms with Gasteiger partial charge in [-0.2, -0.15) is 9.78 Å². The quantitative estimate of drug-likeness (QED) is 0.574. The zero-order valence-electron chi connectivity index (χ0n) is 17.2. The fourth-order valence-electron chi connectivity index (χ4n) is 3.24. The summed E-state index contributed by atoms with van der Waals surface area (Å²) in [6.07, 6.45) is 0.513. The maximum atomic E-state index is 5.46. The smallest absolute Gasteiger partial charge is 0.212 e. The molecule has 0 spiro atoms. The molecule has 3 aromatic rings. The fraction of sp³-hybridized carbons (Fsp3) is 0.286. The summed E-state index contributed by atoms with van der Waals surface area (Å²) in [6, 6.07) is 11.7. The van der Waals surface area contributed by atoms with E-state index in [4.69, 9.17) is 24.0 Å². The van der Waals surface area contributed by atoms with E-state index in [1.807, 2.05) is 36.4 Å². The summed E-state index contributed by atoms with van der Waals surface area (Å²) in [5.41, 5.74) is 2.91. The predicted octanol–water partition coefficient (Wildman–Crippen LogP) is 3.26. The summed E-state index contributed by atoms with van der Waals surface area (Å²) < 4.78 is 23.5. The van der Waals surface area contributed by atoms with Gasteiger partial charge in [-0.3, -0.25) is 0 Å². The van der Waals surface area contributed by atoms with Gasteiger partial charge in [-0.1, -0.05) is 23.9 Å². The first kappa shape index (κ1) is 20.1. The Morgan fingerprint density at radius 3 is 2.37 bits per heavy atom. The normalized spacial score (nSPS) is 12.7. The van der Waals surface area contributed by atoms with Gasteiger partial charge in [0.1, 0.15) is 5.75 Å². The first-order valence-electron chi connectivity index (χ1n) is 9.25. The highest BCUT2D eigenvalue weighted by Gasteiger charge is 2.21. The van der Waals surface area contributed by atoms with Crippen LogP contribution in [0.25, 0.3) is 0 Å². The maximum Gasteiger partial charge on any atom is 0.212 e. The van der Waals surface area contributed by atoms with Crippen LogP contribution in [0.3, 0.4) is 0 Å². The zero-order valence-corrected chi connectivity index (χ0v) is 18.0. The van der Waals surface area contributed by atoms with Crippen molar-refractivity contribution in [1.82, 2.24) is 14.9 Å². The van der Waals surface area contributed by atoms with E-state index in [0.717, 1.165) is 39.3 Å². The fourth-order valence-corrected chi connectivity index (χ4v) is 4.10. The number of benzene rings is 2. The minimum Gasteiger partial charge on any atom is -0.497 e. The van der Waals surface area contributed by atoms with Crippen molar-refractivity contribution in [2.75, 3.05) is 34.2 Å². The lowest BCUT2D eigenvalue weighted by Gasteiger charge is -2.16. The van der Waals surface area contributed by atoms with E-state index in [1.54, 1.807) is 44.9 Å². The molecule has 0 atom stereocenters. The van der Waals surface area contributed by atoms with Gasteiger partial charge in [0.05, 0.1) is 34.2 Å². The van der Waals surface area contributed by atoms with Crippen LogP contribution in [-0.2, 0) is 6.42 Å². The van der Waals surface area contributed by atoms with Gasteiger partial charge in [0, 0.05) is 17.7 Å². The molecule has 1 aliphatic rings. The Balaban J connectivity index is 1.68. The highest BCUT2D eigenvalue weighted by Crippen LogP contribution is 2.38. The number of fused-ring (bicyclic) bond motifs is 1. The van der Waals surface area contributed by atoms with Crippen LogP contribution in [0.5, 0.6) is 23.0 Å². The molecular weight excluding hydrogens is 404 g/mol. The van der Waals surface area contributed by atoms with Crippen molar-refractivity contribution in [3.8, 4) is 23.0 Å². The van der Waals surface area contributed by atoms with Gasteiger partial charge in [0.2, 0.25) is 10.9 Å². The summed E-state index contributed by atoms with van der Waals surface area (Å²) in [6.45, 7) is 0. The van der Waals surface area contributed by atoms with Gasteiger partial charge in [0.15, 0.2) is 17.3 Å². The van der Waals surface area contributed by atoms with Crippen LogP contribution in [0.15, 0.2) is 46.7 Å². The second-order valence-corrected chi connectivity index (χ2v) is 7.43. The molecule has 4 rings (SSSR count). The maximum absolute atomic E-state index is 5.46. The largest absolute Gasteiger partial charge is 0.497 e. The molecule has 30 heavy (non-hydrogen) atoms. The van der Waals surface area contributed by atoms with Crippen LogP contribution in [0.4, 0.5) is 0 Å². The molecule has 0 saturated carbocycles. The minimum absolute atomic E-state index is 0.513. The van der Waals surface area contributed by atoms with E-state index in [-0.39, 0.29) is 0 Å². The second kappa shape index (κ2) is 8.66. The molecule has 156 valence electrons.